The van der Waals surface area contributed by atoms with Crippen LogP contribution in [-0.4, -0.2) is 16.1 Å². The van der Waals surface area contributed by atoms with E-state index in [0.29, 0.717) is 5.15 Å². The summed E-state index contributed by atoms with van der Waals surface area (Å²) in [5.74, 6) is -0.342. The predicted molar refractivity (Wildman–Crippen MR) is 74.9 cm³/mol. The van der Waals surface area contributed by atoms with Gasteiger partial charge < -0.3 is 5.73 Å². The van der Waals surface area contributed by atoms with Crippen molar-refractivity contribution in [1.29, 1.82) is 0 Å². The lowest BCUT2D eigenvalue weighted by Crippen LogP contribution is -2.15. The van der Waals surface area contributed by atoms with Crippen molar-refractivity contribution in [3.8, 4) is 11.3 Å². The Balaban J connectivity index is 2.53. The monoisotopic (exact) mass is 275 g/mol. The van der Waals surface area contributed by atoms with Gasteiger partial charge in [-0.3, -0.25) is 4.79 Å². The fraction of sp³-hybridized carbons (Fsp3) is 0.214. The molecule has 1 aromatic heterocycles. The molecule has 2 aromatic rings. The van der Waals surface area contributed by atoms with Crippen LogP contribution in [0, 0.1) is 13.8 Å². The molecule has 0 radical (unpaired) electrons. The maximum atomic E-state index is 11.1. The van der Waals surface area contributed by atoms with E-state index in [0.717, 1.165) is 27.9 Å². The first-order valence-electron chi connectivity index (χ1n) is 5.86. The summed E-state index contributed by atoms with van der Waals surface area (Å²) in [6, 6.07) is 7.42. The highest BCUT2D eigenvalue weighted by molar-refractivity contribution is 6.29. The van der Waals surface area contributed by atoms with E-state index in [9.17, 15) is 4.79 Å². The molecule has 5 heteroatoms. The smallest absolute Gasteiger partial charge is 0.221 e. The maximum absolute atomic E-state index is 11.1. The molecule has 0 spiro atoms. The molecular weight excluding hydrogens is 262 g/mol. The average Bonchev–Trinajstić information content (AvgIpc) is 2.36. The third-order valence-electron chi connectivity index (χ3n) is 3.09. The van der Waals surface area contributed by atoms with Crippen LogP contribution in [-0.2, 0) is 11.2 Å². The van der Waals surface area contributed by atoms with Crippen molar-refractivity contribution < 1.29 is 4.79 Å². The van der Waals surface area contributed by atoms with E-state index in [4.69, 9.17) is 17.3 Å². The van der Waals surface area contributed by atoms with Crippen LogP contribution in [0.15, 0.2) is 24.3 Å². The first kappa shape index (κ1) is 13.5. The summed E-state index contributed by atoms with van der Waals surface area (Å²) in [4.78, 5) is 11.1. The van der Waals surface area contributed by atoms with Gasteiger partial charge in [-0.25, -0.2) is 0 Å². The molecule has 0 fully saturated rings. The molecule has 19 heavy (non-hydrogen) atoms. The standard InChI is InChI=1S/C14H14ClN3O/c1-8-3-4-10(9(2)11(8)7-14(16)19)12-5-6-13(15)18-17-12/h3-6H,7H2,1-2H3,(H2,16,19). The number of aromatic nitrogens is 2. The van der Waals surface area contributed by atoms with Crippen molar-refractivity contribution in [2.75, 3.05) is 0 Å². The average molecular weight is 276 g/mol. The molecule has 0 saturated carbocycles. The molecule has 98 valence electrons. The lowest BCUT2D eigenvalue weighted by Gasteiger charge is -2.12. The van der Waals surface area contributed by atoms with Crippen molar-refractivity contribution in [3.63, 3.8) is 0 Å². The number of hydrogen-bond acceptors (Lipinski definition) is 3. The molecule has 0 unspecified atom stereocenters. The molecule has 1 amide bonds. The number of carbonyl (C=O) groups is 1. The number of aryl methyl sites for hydroxylation is 1. The third kappa shape index (κ3) is 2.90. The van der Waals surface area contributed by atoms with Gasteiger partial charge in [0.2, 0.25) is 5.91 Å². The first-order chi connectivity index (χ1) is 8.99. The Labute approximate surface area is 116 Å². The van der Waals surface area contributed by atoms with E-state index in [-0.39, 0.29) is 12.3 Å². The third-order valence-corrected chi connectivity index (χ3v) is 3.29. The predicted octanol–water partition coefficient (Wildman–Crippen LogP) is 2.44. The van der Waals surface area contributed by atoms with Gasteiger partial charge in [-0.1, -0.05) is 23.7 Å². The molecule has 4 nitrogen and oxygen atoms in total. The number of halogens is 1. The summed E-state index contributed by atoms with van der Waals surface area (Å²) >= 11 is 5.73. The van der Waals surface area contributed by atoms with Gasteiger partial charge in [0, 0.05) is 5.56 Å². The molecule has 0 bridgehead atoms. The summed E-state index contributed by atoms with van der Waals surface area (Å²) in [5.41, 5.74) is 9.94. The molecular formula is C14H14ClN3O. The number of amides is 1. The van der Waals surface area contributed by atoms with Crippen molar-refractivity contribution in [1.82, 2.24) is 10.2 Å². The van der Waals surface area contributed by atoms with E-state index in [2.05, 4.69) is 10.2 Å². The number of carbonyl (C=O) groups excluding carboxylic acids is 1. The van der Waals surface area contributed by atoms with Gasteiger partial charge in [0.05, 0.1) is 12.1 Å². The summed E-state index contributed by atoms with van der Waals surface area (Å²) in [6.45, 7) is 3.92. The van der Waals surface area contributed by atoms with E-state index in [1.807, 2.05) is 26.0 Å². The van der Waals surface area contributed by atoms with E-state index in [1.165, 1.54) is 0 Å². The topological polar surface area (TPSA) is 68.9 Å². The van der Waals surface area contributed by atoms with Gasteiger partial charge in [0.25, 0.3) is 0 Å². The molecule has 0 atom stereocenters. The van der Waals surface area contributed by atoms with Crippen LogP contribution >= 0.6 is 11.6 Å². The number of rotatable bonds is 3. The molecule has 0 aliphatic heterocycles. The second-order valence-electron chi connectivity index (χ2n) is 4.42. The van der Waals surface area contributed by atoms with Gasteiger partial charge in [0.1, 0.15) is 0 Å². The van der Waals surface area contributed by atoms with Gasteiger partial charge >= 0.3 is 0 Å². The Bertz CT molecular complexity index is 623. The zero-order valence-corrected chi connectivity index (χ0v) is 11.5. The second kappa shape index (κ2) is 5.36. The SMILES string of the molecule is Cc1ccc(-c2ccc(Cl)nn2)c(C)c1CC(N)=O. The Morgan fingerprint density at radius 1 is 1.21 bits per heavy atom. The van der Waals surface area contributed by atoms with Crippen LogP contribution in [0.1, 0.15) is 16.7 Å². The lowest BCUT2D eigenvalue weighted by atomic mass is 9.93. The second-order valence-corrected chi connectivity index (χ2v) is 4.81. The molecule has 1 aromatic carbocycles. The minimum absolute atomic E-state index is 0.229. The summed E-state index contributed by atoms with van der Waals surface area (Å²) in [5, 5.41) is 8.25. The van der Waals surface area contributed by atoms with Crippen molar-refractivity contribution >= 4 is 17.5 Å². The molecule has 0 aliphatic rings. The first-order valence-corrected chi connectivity index (χ1v) is 6.24. The highest BCUT2D eigenvalue weighted by Crippen LogP contribution is 2.26. The summed E-state index contributed by atoms with van der Waals surface area (Å²) < 4.78 is 0. The van der Waals surface area contributed by atoms with Crippen LogP contribution in [0.2, 0.25) is 5.15 Å². The quantitative estimate of drug-likeness (QED) is 0.935. The molecule has 1 heterocycles. The number of nitrogens with zero attached hydrogens (tertiary/aromatic N) is 2. The fourth-order valence-corrected chi connectivity index (χ4v) is 2.18. The van der Waals surface area contributed by atoms with Gasteiger partial charge in [0.15, 0.2) is 5.15 Å². The molecule has 2 N–H and O–H groups in total. The molecule has 2 rings (SSSR count). The normalized spacial score (nSPS) is 10.5. The Morgan fingerprint density at radius 2 is 1.95 bits per heavy atom. The minimum Gasteiger partial charge on any atom is -0.369 e. The highest BCUT2D eigenvalue weighted by Gasteiger charge is 2.12. The van der Waals surface area contributed by atoms with E-state index < -0.39 is 0 Å². The van der Waals surface area contributed by atoms with Gasteiger partial charge in [-0.15, -0.1) is 10.2 Å². The summed E-state index contributed by atoms with van der Waals surface area (Å²) in [7, 11) is 0. The molecule has 0 aliphatic carbocycles. The zero-order valence-electron chi connectivity index (χ0n) is 10.8. The van der Waals surface area contributed by atoms with E-state index >= 15 is 0 Å². The highest BCUT2D eigenvalue weighted by atomic mass is 35.5. The largest absolute Gasteiger partial charge is 0.369 e. The van der Waals surface area contributed by atoms with Crippen molar-refractivity contribution in [2.45, 2.75) is 20.3 Å². The van der Waals surface area contributed by atoms with Crippen molar-refractivity contribution in [2.24, 2.45) is 5.73 Å². The minimum atomic E-state index is -0.342. The Hall–Kier alpha value is -1.94. The fourth-order valence-electron chi connectivity index (χ4n) is 2.08. The van der Waals surface area contributed by atoms with Crippen LogP contribution in [0.25, 0.3) is 11.3 Å². The maximum Gasteiger partial charge on any atom is 0.221 e. The number of benzene rings is 1. The number of primary amides is 1. The van der Waals surface area contributed by atoms with Gasteiger partial charge in [-0.05, 0) is 42.7 Å². The Kier molecular flexibility index (Phi) is 3.81. The lowest BCUT2D eigenvalue weighted by molar-refractivity contribution is -0.117. The van der Waals surface area contributed by atoms with E-state index in [1.54, 1.807) is 12.1 Å². The summed E-state index contributed by atoms with van der Waals surface area (Å²) in [6.07, 6.45) is 0.229. The van der Waals surface area contributed by atoms with Crippen LogP contribution in [0.4, 0.5) is 0 Å². The van der Waals surface area contributed by atoms with Gasteiger partial charge in [-0.2, -0.15) is 0 Å². The number of nitrogens with two attached hydrogens (primary N) is 1. The van der Waals surface area contributed by atoms with Crippen molar-refractivity contribution in [3.05, 3.63) is 46.1 Å². The zero-order chi connectivity index (χ0) is 14.0. The van der Waals surface area contributed by atoms with Crippen LogP contribution in [0.3, 0.4) is 0 Å². The van der Waals surface area contributed by atoms with Crippen LogP contribution < -0.4 is 5.73 Å². The number of hydrogen-bond donors (Lipinski definition) is 1. The Morgan fingerprint density at radius 3 is 2.53 bits per heavy atom. The molecule has 0 saturated heterocycles. The van der Waals surface area contributed by atoms with Crippen LogP contribution in [0.5, 0.6) is 0 Å².